The molecule has 1 heterocycles. The van der Waals surface area contributed by atoms with Crippen LogP contribution in [0.3, 0.4) is 0 Å². The molecule has 2 aliphatic rings. The van der Waals surface area contributed by atoms with Gasteiger partial charge in [0.05, 0.1) is 16.7 Å². The van der Waals surface area contributed by atoms with Crippen LogP contribution in [0.4, 0.5) is 0 Å². The van der Waals surface area contributed by atoms with E-state index in [1.807, 2.05) is 38.4 Å². The molecule has 1 aliphatic heterocycles. The number of benzene rings is 2. The molecule has 0 bridgehead atoms. The van der Waals surface area contributed by atoms with E-state index in [1.54, 1.807) is 24.3 Å². The van der Waals surface area contributed by atoms with Crippen molar-refractivity contribution in [3.8, 4) is 0 Å². The van der Waals surface area contributed by atoms with Gasteiger partial charge in [-0.05, 0) is 17.7 Å². The van der Waals surface area contributed by atoms with Crippen LogP contribution >= 0.6 is 0 Å². The number of nitrogens with zero attached hydrogens (tertiary/aromatic N) is 1. The third kappa shape index (κ3) is 1.91. The van der Waals surface area contributed by atoms with Crippen LogP contribution in [0.25, 0.3) is 0 Å². The monoisotopic (exact) mass is 316 g/mol. The molecule has 1 fully saturated rings. The van der Waals surface area contributed by atoms with E-state index in [9.17, 15) is 14.4 Å². The van der Waals surface area contributed by atoms with Gasteiger partial charge in [-0.25, -0.2) is 0 Å². The molecule has 1 radical (unpaired) electrons. The predicted molar refractivity (Wildman–Crippen MR) is 90.6 cm³/mol. The van der Waals surface area contributed by atoms with Gasteiger partial charge in [0.1, 0.15) is 13.1 Å². The van der Waals surface area contributed by atoms with Gasteiger partial charge in [-0.1, -0.05) is 48.7 Å². The third-order valence-corrected chi connectivity index (χ3v) is 4.98. The Hall–Kier alpha value is -2.69. The van der Waals surface area contributed by atoms with Crippen molar-refractivity contribution in [1.29, 1.82) is 0 Å². The molecule has 0 unspecified atom stereocenters. The lowest BCUT2D eigenvalue weighted by molar-refractivity contribution is -0.132. The molecule has 0 atom stereocenters. The fourth-order valence-corrected chi connectivity index (χ4v) is 3.66. The molecule has 0 spiro atoms. The van der Waals surface area contributed by atoms with Crippen LogP contribution in [-0.4, -0.2) is 29.8 Å². The maximum Gasteiger partial charge on any atom is 0.262 e. The minimum atomic E-state index is -0.851. The second-order valence-corrected chi connectivity index (χ2v) is 6.33. The number of Topliss-reactive ketones (excluding diaryl/α,β-unsaturated/α-hetero) is 1. The summed E-state index contributed by atoms with van der Waals surface area (Å²) in [5.41, 5.74) is 1.87. The molecule has 117 valence electrons. The molecule has 1 aliphatic carbocycles. The van der Waals surface area contributed by atoms with E-state index < -0.39 is 5.54 Å². The minimum absolute atomic E-state index is 0.0673. The molecule has 2 aromatic carbocycles. The van der Waals surface area contributed by atoms with E-state index in [0.717, 1.165) is 11.0 Å². The highest BCUT2D eigenvalue weighted by Gasteiger charge is 2.56. The molecule has 2 amide bonds. The molecule has 4 nitrogen and oxygen atoms in total. The fraction of sp³-hybridized carbons (Fsp3) is 0.211. The highest BCUT2D eigenvalue weighted by atomic mass is 16.2. The zero-order valence-electron chi connectivity index (χ0n) is 13.3. The number of hydrogen-bond donors (Lipinski definition) is 0. The van der Waals surface area contributed by atoms with Gasteiger partial charge in [0.15, 0.2) is 0 Å². The smallest absolute Gasteiger partial charge is 0.262 e. The normalized spacial score (nSPS) is 18.4. The van der Waals surface area contributed by atoms with Gasteiger partial charge in [0.2, 0.25) is 0 Å². The van der Waals surface area contributed by atoms with E-state index >= 15 is 0 Å². The SMILES string of the molecule is C[B]c1ccc(C2(N3C(=O)c4ccccc4C3=O)CC(=O)C2)cc1. The molecular formula is C19H15BNO3. The summed E-state index contributed by atoms with van der Waals surface area (Å²) in [5, 5.41) is 0. The van der Waals surface area contributed by atoms with Crippen molar-refractivity contribution in [2.45, 2.75) is 25.2 Å². The minimum Gasteiger partial charge on any atom is -0.299 e. The van der Waals surface area contributed by atoms with Gasteiger partial charge in [-0.2, -0.15) is 0 Å². The van der Waals surface area contributed by atoms with Crippen LogP contribution in [0.2, 0.25) is 6.82 Å². The maximum absolute atomic E-state index is 12.8. The summed E-state index contributed by atoms with van der Waals surface area (Å²) >= 11 is 0. The average molecular weight is 316 g/mol. The van der Waals surface area contributed by atoms with E-state index in [4.69, 9.17) is 0 Å². The van der Waals surface area contributed by atoms with Crippen LogP contribution in [0.1, 0.15) is 39.1 Å². The van der Waals surface area contributed by atoms with Crippen LogP contribution in [0.5, 0.6) is 0 Å². The quantitative estimate of drug-likeness (QED) is 0.642. The van der Waals surface area contributed by atoms with Gasteiger partial charge >= 0.3 is 0 Å². The summed E-state index contributed by atoms with van der Waals surface area (Å²) in [5.74, 6) is -0.554. The molecule has 0 N–H and O–H groups in total. The Bertz CT molecular complexity index is 829. The van der Waals surface area contributed by atoms with Crippen molar-refractivity contribution in [3.63, 3.8) is 0 Å². The van der Waals surface area contributed by atoms with Crippen molar-refractivity contribution < 1.29 is 14.4 Å². The Morgan fingerprint density at radius 1 is 0.875 bits per heavy atom. The Morgan fingerprint density at radius 3 is 1.88 bits per heavy atom. The highest BCUT2D eigenvalue weighted by molar-refractivity contribution is 6.51. The summed E-state index contributed by atoms with van der Waals surface area (Å²) in [6.45, 7) is 1.95. The zero-order valence-corrected chi connectivity index (χ0v) is 13.3. The van der Waals surface area contributed by atoms with Crippen molar-refractivity contribution >= 4 is 30.3 Å². The molecular weight excluding hydrogens is 301 g/mol. The molecule has 4 rings (SSSR count). The van der Waals surface area contributed by atoms with Crippen LogP contribution in [0.15, 0.2) is 48.5 Å². The Kier molecular flexibility index (Phi) is 3.20. The number of fused-ring (bicyclic) bond motifs is 1. The fourth-order valence-electron chi connectivity index (χ4n) is 3.66. The molecule has 1 saturated carbocycles. The number of ketones is 1. The first-order chi connectivity index (χ1) is 11.6. The van der Waals surface area contributed by atoms with E-state index in [2.05, 4.69) is 0 Å². The van der Waals surface area contributed by atoms with Gasteiger partial charge in [-0.3, -0.25) is 19.3 Å². The first kappa shape index (κ1) is 14.9. The summed E-state index contributed by atoms with van der Waals surface area (Å²) in [7, 11) is 1.98. The molecule has 2 aromatic rings. The Labute approximate surface area is 140 Å². The zero-order chi connectivity index (χ0) is 16.9. The summed E-state index contributed by atoms with van der Waals surface area (Å²) in [6.07, 6.45) is 0.376. The molecule has 0 saturated heterocycles. The number of hydrogen-bond acceptors (Lipinski definition) is 3. The van der Waals surface area contributed by atoms with Gasteiger partial charge in [0.25, 0.3) is 11.8 Å². The largest absolute Gasteiger partial charge is 0.299 e. The summed E-state index contributed by atoms with van der Waals surface area (Å²) < 4.78 is 0. The highest BCUT2D eigenvalue weighted by Crippen LogP contribution is 2.47. The Morgan fingerprint density at radius 2 is 1.42 bits per heavy atom. The first-order valence-corrected chi connectivity index (χ1v) is 7.96. The third-order valence-electron chi connectivity index (χ3n) is 4.98. The number of amides is 2. The second-order valence-electron chi connectivity index (χ2n) is 6.33. The molecule has 24 heavy (non-hydrogen) atoms. The van der Waals surface area contributed by atoms with Crippen molar-refractivity contribution in [1.82, 2.24) is 4.90 Å². The van der Waals surface area contributed by atoms with Gasteiger partial charge in [0, 0.05) is 12.8 Å². The average Bonchev–Trinajstić information content (AvgIpc) is 2.84. The van der Waals surface area contributed by atoms with Crippen molar-refractivity contribution in [2.24, 2.45) is 0 Å². The topological polar surface area (TPSA) is 54.5 Å². The van der Waals surface area contributed by atoms with E-state index in [-0.39, 0.29) is 30.4 Å². The van der Waals surface area contributed by atoms with Gasteiger partial charge < -0.3 is 0 Å². The number of rotatable bonds is 3. The predicted octanol–water partition coefficient (Wildman–Crippen LogP) is 1.92. The Balaban J connectivity index is 1.81. The lowest BCUT2D eigenvalue weighted by Gasteiger charge is -2.46. The second kappa shape index (κ2) is 5.16. The lowest BCUT2D eigenvalue weighted by atomic mass is 9.67. The summed E-state index contributed by atoms with van der Waals surface area (Å²) in [4.78, 5) is 38.8. The lowest BCUT2D eigenvalue weighted by Crippen LogP contribution is -2.57. The van der Waals surface area contributed by atoms with Crippen molar-refractivity contribution in [2.75, 3.05) is 0 Å². The maximum atomic E-state index is 12.8. The standard InChI is InChI=1S/C19H15BNO3/c1-20-13-8-6-12(7-9-13)19(10-14(22)11-19)21-17(23)15-4-2-3-5-16(15)18(21)24/h2-9H,10-11H2,1H3. The van der Waals surface area contributed by atoms with Crippen LogP contribution in [0, 0.1) is 0 Å². The van der Waals surface area contributed by atoms with Gasteiger partial charge in [-0.15, -0.1) is 0 Å². The van der Waals surface area contributed by atoms with Crippen LogP contribution in [-0.2, 0) is 10.3 Å². The van der Waals surface area contributed by atoms with Crippen LogP contribution < -0.4 is 5.46 Å². The molecule has 0 aromatic heterocycles. The summed E-state index contributed by atoms with van der Waals surface area (Å²) in [6, 6.07) is 14.5. The van der Waals surface area contributed by atoms with Crippen molar-refractivity contribution in [3.05, 3.63) is 65.2 Å². The number of imide groups is 1. The van der Waals surface area contributed by atoms with E-state index in [0.29, 0.717) is 11.1 Å². The first-order valence-electron chi connectivity index (χ1n) is 7.96. The number of carbonyl (C=O) groups is 3. The molecule has 5 heteroatoms. The number of carbonyl (C=O) groups excluding carboxylic acids is 3. The van der Waals surface area contributed by atoms with E-state index in [1.165, 1.54) is 4.90 Å².